The van der Waals surface area contributed by atoms with Gasteiger partial charge in [-0.1, -0.05) is 0 Å². The van der Waals surface area contributed by atoms with Crippen LogP contribution in [0.3, 0.4) is 0 Å². The van der Waals surface area contributed by atoms with E-state index in [1.54, 1.807) is 0 Å². The average molecular weight is 255 g/mol. The highest BCUT2D eigenvalue weighted by molar-refractivity contribution is 7.91. The Morgan fingerprint density at radius 3 is 2.82 bits per heavy atom. The zero-order valence-electron chi connectivity index (χ0n) is 10.0. The van der Waals surface area contributed by atoms with Gasteiger partial charge in [-0.2, -0.15) is 0 Å². The fraction of sp³-hybridized carbons (Fsp3) is 0.545. The van der Waals surface area contributed by atoms with Gasteiger partial charge < -0.3 is 10.6 Å². The number of hydrogen-bond acceptors (Lipinski definition) is 5. The van der Waals surface area contributed by atoms with E-state index in [4.69, 9.17) is 5.73 Å². The third-order valence-electron chi connectivity index (χ3n) is 2.99. The molecule has 94 valence electrons. The van der Waals surface area contributed by atoms with Crippen molar-refractivity contribution in [3.05, 3.63) is 17.8 Å². The van der Waals surface area contributed by atoms with Crippen molar-refractivity contribution in [3.8, 4) is 0 Å². The molecule has 0 amide bonds. The second kappa shape index (κ2) is 4.18. The largest absolute Gasteiger partial charge is 0.396 e. The third kappa shape index (κ3) is 2.52. The van der Waals surface area contributed by atoms with Crippen molar-refractivity contribution >= 4 is 21.3 Å². The second-order valence-electron chi connectivity index (χ2n) is 4.52. The van der Waals surface area contributed by atoms with Crippen LogP contribution in [-0.2, 0) is 9.84 Å². The van der Waals surface area contributed by atoms with Crippen LogP contribution < -0.4 is 10.6 Å². The van der Waals surface area contributed by atoms with E-state index in [0.717, 1.165) is 5.69 Å². The first-order valence-corrected chi connectivity index (χ1v) is 7.41. The molecule has 0 aliphatic carbocycles. The third-order valence-corrected chi connectivity index (χ3v) is 4.78. The van der Waals surface area contributed by atoms with Gasteiger partial charge in [0.05, 0.1) is 17.2 Å². The summed E-state index contributed by atoms with van der Waals surface area (Å²) < 4.78 is 23.0. The highest BCUT2D eigenvalue weighted by atomic mass is 32.2. The minimum absolute atomic E-state index is 0.0784. The monoisotopic (exact) mass is 255 g/mol. The normalized spacial score (nSPS) is 23.6. The van der Waals surface area contributed by atoms with Crippen LogP contribution in [0, 0.1) is 6.92 Å². The van der Waals surface area contributed by atoms with Gasteiger partial charge in [0.15, 0.2) is 15.7 Å². The number of aromatic nitrogens is 1. The molecule has 1 atom stereocenters. The van der Waals surface area contributed by atoms with Crippen LogP contribution in [0.5, 0.6) is 0 Å². The van der Waals surface area contributed by atoms with Crippen molar-refractivity contribution in [2.45, 2.75) is 19.9 Å². The Kier molecular flexibility index (Phi) is 2.99. The van der Waals surface area contributed by atoms with E-state index in [0.29, 0.717) is 18.1 Å². The van der Waals surface area contributed by atoms with E-state index in [1.807, 2.05) is 30.9 Å². The number of nitrogen functional groups attached to an aromatic ring is 1. The van der Waals surface area contributed by atoms with E-state index in [2.05, 4.69) is 4.98 Å². The smallest absolute Gasteiger partial charge is 0.154 e. The van der Waals surface area contributed by atoms with Crippen LogP contribution in [0.1, 0.15) is 12.6 Å². The standard InChI is InChI=1S/C11H17N3O2S/c1-8-3-4-10(12)11(13-8)14-5-6-17(15,16)7-9(14)2/h3-4,9H,5-7,12H2,1-2H3. The summed E-state index contributed by atoms with van der Waals surface area (Å²) in [5, 5.41) is 0. The zero-order chi connectivity index (χ0) is 12.6. The summed E-state index contributed by atoms with van der Waals surface area (Å²) >= 11 is 0. The number of rotatable bonds is 1. The summed E-state index contributed by atoms with van der Waals surface area (Å²) in [6.45, 7) is 4.25. The zero-order valence-corrected chi connectivity index (χ0v) is 10.9. The average Bonchev–Trinajstić information content (AvgIpc) is 2.21. The fourth-order valence-electron chi connectivity index (χ4n) is 2.10. The Bertz CT molecular complexity index is 528. The Balaban J connectivity index is 2.32. The highest BCUT2D eigenvalue weighted by Crippen LogP contribution is 2.25. The molecule has 5 nitrogen and oxygen atoms in total. The van der Waals surface area contributed by atoms with Gasteiger partial charge in [-0.15, -0.1) is 0 Å². The predicted octanol–water partition coefficient (Wildman–Crippen LogP) is 0.596. The van der Waals surface area contributed by atoms with Crippen molar-refractivity contribution in [2.24, 2.45) is 0 Å². The van der Waals surface area contributed by atoms with Crippen LogP contribution in [-0.4, -0.2) is 37.5 Å². The number of nitrogens with zero attached hydrogens (tertiary/aromatic N) is 2. The van der Waals surface area contributed by atoms with Gasteiger partial charge in [0.1, 0.15) is 0 Å². The fourth-order valence-corrected chi connectivity index (χ4v) is 3.65. The second-order valence-corrected chi connectivity index (χ2v) is 6.75. The number of anilines is 2. The molecule has 0 aromatic carbocycles. The molecule has 0 spiro atoms. The molecule has 1 aromatic rings. The molecule has 2 heterocycles. The lowest BCUT2D eigenvalue weighted by Crippen LogP contribution is -2.47. The molecule has 0 bridgehead atoms. The van der Waals surface area contributed by atoms with E-state index in [1.165, 1.54) is 0 Å². The molecule has 2 N–H and O–H groups in total. The first-order chi connectivity index (χ1) is 7.89. The van der Waals surface area contributed by atoms with Crippen LogP contribution >= 0.6 is 0 Å². The molecule has 1 aliphatic rings. The molecule has 0 radical (unpaired) electrons. The van der Waals surface area contributed by atoms with Gasteiger partial charge in [-0.05, 0) is 26.0 Å². The Morgan fingerprint density at radius 2 is 2.18 bits per heavy atom. The Hall–Kier alpha value is -1.30. The maximum Gasteiger partial charge on any atom is 0.154 e. The Morgan fingerprint density at radius 1 is 1.47 bits per heavy atom. The van der Waals surface area contributed by atoms with Gasteiger partial charge in [-0.3, -0.25) is 0 Å². The quantitative estimate of drug-likeness (QED) is 0.795. The highest BCUT2D eigenvalue weighted by Gasteiger charge is 2.29. The molecule has 17 heavy (non-hydrogen) atoms. The SMILES string of the molecule is Cc1ccc(N)c(N2CCS(=O)(=O)CC2C)n1. The molecular formula is C11H17N3O2S. The molecule has 1 aliphatic heterocycles. The maximum absolute atomic E-state index is 11.5. The molecular weight excluding hydrogens is 238 g/mol. The van der Waals surface area contributed by atoms with Gasteiger partial charge in [0.2, 0.25) is 0 Å². The van der Waals surface area contributed by atoms with Gasteiger partial charge in [0.25, 0.3) is 0 Å². The first-order valence-electron chi connectivity index (χ1n) is 5.59. The minimum Gasteiger partial charge on any atom is -0.396 e. The van der Waals surface area contributed by atoms with Crippen molar-refractivity contribution < 1.29 is 8.42 Å². The molecule has 2 rings (SSSR count). The molecule has 0 saturated carbocycles. The van der Waals surface area contributed by atoms with Crippen molar-refractivity contribution in [1.82, 2.24) is 4.98 Å². The number of nitrogens with two attached hydrogens (primary N) is 1. The predicted molar refractivity (Wildman–Crippen MR) is 68.8 cm³/mol. The molecule has 1 unspecified atom stereocenters. The van der Waals surface area contributed by atoms with Crippen LogP contribution in [0.4, 0.5) is 11.5 Å². The lowest BCUT2D eigenvalue weighted by molar-refractivity contribution is 0.567. The summed E-state index contributed by atoms with van der Waals surface area (Å²) in [5.41, 5.74) is 7.38. The molecule has 1 aromatic heterocycles. The van der Waals surface area contributed by atoms with E-state index < -0.39 is 9.84 Å². The van der Waals surface area contributed by atoms with Crippen LogP contribution in [0.2, 0.25) is 0 Å². The van der Waals surface area contributed by atoms with Crippen molar-refractivity contribution in [1.29, 1.82) is 0 Å². The molecule has 1 fully saturated rings. The number of pyridine rings is 1. The number of hydrogen-bond donors (Lipinski definition) is 1. The summed E-state index contributed by atoms with van der Waals surface area (Å²) in [6, 6.07) is 3.59. The van der Waals surface area contributed by atoms with E-state index in [9.17, 15) is 8.42 Å². The van der Waals surface area contributed by atoms with Crippen LogP contribution in [0.25, 0.3) is 0 Å². The van der Waals surface area contributed by atoms with Gasteiger partial charge in [-0.25, -0.2) is 13.4 Å². The summed E-state index contributed by atoms with van der Waals surface area (Å²) in [6.07, 6.45) is 0. The summed E-state index contributed by atoms with van der Waals surface area (Å²) in [4.78, 5) is 6.38. The number of sulfone groups is 1. The summed E-state index contributed by atoms with van der Waals surface area (Å²) in [5.74, 6) is 1.04. The first kappa shape index (κ1) is 12.2. The topological polar surface area (TPSA) is 76.3 Å². The van der Waals surface area contributed by atoms with Crippen LogP contribution in [0.15, 0.2) is 12.1 Å². The molecule has 1 saturated heterocycles. The van der Waals surface area contributed by atoms with Crippen molar-refractivity contribution in [2.75, 3.05) is 28.7 Å². The number of aryl methyl sites for hydroxylation is 1. The minimum atomic E-state index is -2.91. The van der Waals surface area contributed by atoms with Gasteiger partial charge >= 0.3 is 0 Å². The van der Waals surface area contributed by atoms with Crippen molar-refractivity contribution in [3.63, 3.8) is 0 Å². The van der Waals surface area contributed by atoms with Gasteiger partial charge in [0, 0.05) is 18.3 Å². The lowest BCUT2D eigenvalue weighted by atomic mass is 10.2. The van der Waals surface area contributed by atoms with E-state index in [-0.39, 0.29) is 17.5 Å². The molecule has 6 heteroatoms. The lowest BCUT2D eigenvalue weighted by Gasteiger charge is -2.34. The Labute approximate surface area is 102 Å². The van der Waals surface area contributed by atoms with E-state index >= 15 is 0 Å². The summed E-state index contributed by atoms with van der Waals surface area (Å²) in [7, 11) is -2.91. The maximum atomic E-state index is 11.5.